The second-order valence-corrected chi connectivity index (χ2v) is 3.94. The highest BCUT2D eigenvalue weighted by atomic mass is 32.2. The van der Waals surface area contributed by atoms with Crippen LogP contribution in [-0.4, -0.2) is 5.71 Å². The fourth-order valence-corrected chi connectivity index (χ4v) is 2.11. The van der Waals surface area contributed by atoms with Gasteiger partial charge in [-0.25, -0.2) is 0 Å². The molecule has 0 amide bonds. The van der Waals surface area contributed by atoms with Crippen molar-refractivity contribution in [1.29, 1.82) is 0 Å². The zero-order chi connectivity index (χ0) is 9.26. The minimum Gasteiger partial charge on any atom is -0.310 e. The van der Waals surface area contributed by atoms with Gasteiger partial charge in [0.05, 0.1) is 23.5 Å². The molecule has 0 unspecified atom stereocenters. The van der Waals surface area contributed by atoms with E-state index in [0.717, 1.165) is 0 Å². The van der Waals surface area contributed by atoms with Crippen molar-refractivity contribution in [2.24, 2.45) is 10.3 Å². The molecule has 13 heavy (non-hydrogen) atoms. The van der Waals surface area contributed by atoms with Gasteiger partial charge in [0.15, 0.2) is 0 Å². The Morgan fingerprint density at radius 2 is 2.08 bits per heavy atom. The van der Waals surface area contributed by atoms with Gasteiger partial charge in [-0.3, -0.25) is 0 Å². The standard InChI is InChI=1S/C10H12N2S/c1-7(2)10-8-5-3-4-6-9(8)11-13-12-10/h3-7,11H,1-2H3. The van der Waals surface area contributed by atoms with Crippen LogP contribution in [0.4, 0.5) is 5.69 Å². The number of hydrogen-bond donors (Lipinski definition) is 1. The van der Waals surface area contributed by atoms with E-state index in [1.807, 2.05) is 6.07 Å². The molecule has 1 aromatic rings. The van der Waals surface area contributed by atoms with Crippen LogP contribution in [0.15, 0.2) is 28.7 Å². The molecule has 1 N–H and O–H groups in total. The van der Waals surface area contributed by atoms with Crippen LogP contribution >= 0.6 is 12.1 Å². The van der Waals surface area contributed by atoms with E-state index in [-0.39, 0.29) is 0 Å². The molecule has 0 fully saturated rings. The second kappa shape index (κ2) is 3.42. The Labute approximate surface area is 82.7 Å². The first kappa shape index (κ1) is 8.63. The van der Waals surface area contributed by atoms with Crippen LogP contribution in [0.3, 0.4) is 0 Å². The Kier molecular flexibility index (Phi) is 2.27. The number of nitrogens with zero attached hydrogens (tertiary/aromatic N) is 1. The van der Waals surface area contributed by atoms with Gasteiger partial charge in [-0.05, 0) is 12.0 Å². The highest BCUT2D eigenvalue weighted by Crippen LogP contribution is 2.28. The Bertz CT molecular complexity index is 345. The highest BCUT2D eigenvalue weighted by Gasteiger charge is 2.15. The third kappa shape index (κ3) is 1.56. The third-order valence-electron chi connectivity index (χ3n) is 2.05. The van der Waals surface area contributed by atoms with Gasteiger partial charge in [0, 0.05) is 5.56 Å². The molecular weight excluding hydrogens is 180 g/mol. The number of rotatable bonds is 1. The summed E-state index contributed by atoms with van der Waals surface area (Å²) in [7, 11) is 0. The minimum absolute atomic E-state index is 0.482. The van der Waals surface area contributed by atoms with Crippen molar-refractivity contribution in [1.82, 2.24) is 0 Å². The average Bonchev–Trinajstić information content (AvgIpc) is 2.17. The van der Waals surface area contributed by atoms with Gasteiger partial charge in [-0.15, -0.1) is 0 Å². The molecule has 1 aromatic carbocycles. The lowest BCUT2D eigenvalue weighted by molar-refractivity contribution is 0.888. The van der Waals surface area contributed by atoms with Crippen molar-refractivity contribution in [3.63, 3.8) is 0 Å². The van der Waals surface area contributed by atoms with Crippen LogP contribution in [0, 0.1) is 5.92 Å². The molecule has 1 heterocycles. The minimum atomic E-state index is 0.482. The zero-order valence-corrected chi connectivity index (χ0v) is 8.56. The Morgan fingerprint density at radius 1 is 1.31 bits per heavy atom. The number of hydrogen-bond acceptors (Lipinski definition) is 3. The average molecular weight is 192 g/mol. The predicted octanol–water partition coefficient (Wildman–Crippen LogP) is 3.12. The molecule has 0 saturated heterocycles. The van der Waals surface area contributed by atoms with Crippen LogP contribution in [0.2, 0.25) is 0 Å². The van der Waals surface area contributed by atoms with Crippen LogP contribution < -0.4 is 4.72 Å². The van der Waals surface area contributed by atoms with Gasteiger partial charge in [-0.1, -0.05) is 32.0 Å². The molecule has 0 aromatic heterocycles. The predicted molar refractivity (Wildman–Crippen MR) is 59.0 cm³/mol. The lowest BCUT2D eigenvalue weighted by atomic mass is 9.99. The van der Waals surface area contributed by atoms with Gasteiger partial charge in [0.1, 0.15) is 0 Å². The van der Waals surface area contributed by atoms with Crippen molar-refractivity contribution >= 4 is 23.5 Å². The molecule has 1 aliphatic heterocycles. The van der Waals surface area contributed by atoms with Gasteiger partial charge in [-0.2, -0.15) is 4.40 Å². The van der Waals surface area contributed by atoms with Gasteiger partial charge in [0.2, 0.25) is 0 Å². The molecule has 0 saturated carbocycles. The van der Waals surface area contributed by atoms with E-state index in [1.54, 1.807) is 0 Å². The number of para-hydroxylation sites is 1. The molecule has 3 heteroatoms. The van der Waals surface area contributed by atoms with E-state index >= 15 is 0 Å². The van der Waals surface area contributed by atoms with Crippen LogP contribution in [-0.2, 0) is 0 Å². The molecule has 0 radical (unpaired) electrons. The van der Waals surface area contributed by atoms with Crippen molar-refractivity contribution < 1.29 is 0 Å². The number of fused-ring (bicyclic) bond motifs is 1. The van der Waals surface area contributed by atoms with Crippen LogP contribution in [0.5, 0.6) is 0 Å². The molecule has 2 rings (SSSR count). The first-order valence-corrected chi connectivity index (χ1v) is 5.15. The summed E-state index contributed by atoms with van der Waals surface area (Å²) in [6, 6.07) is 8.28. The quantitative estimate of drug-likeness (QED) is 0.691. The number of anilines is 1. The maximum atomic E-state index is 4.39. The number of nitrogens with one attached hydrogen (secondary N) is 1. The maximum absolute atomic E-state index is 4.39. The highest BCUT2D eigenvalue weighted by molar-refractivity contribution is 7.99. The summed E-state index contributed by atoms with van der Waals surface area (Å²) >= 11 is 1.41. The van der Waals surface area contributed by atoms with E-state index in [2.05, 4.69) is 41.2 Å². The summed E-state index contributed by atoms with van der Waals surface area (Å²) in [6.45, 7) is 4.34. The normalized spacial score (nSPS) is 14.8. The molecule has 0 bridgehead atoms. The largest absolute Gasteiger partial charge is 0.310 e. The molecule has 0 spiro atoms. The first-order chi connectivity index (χ1) is 6.29. The van der Waals surface area contributed by atoms with E-state index < -0.39 is 0 Å². The summed E-state index contributed by atoms with van der Waals surface area (Å²) in [6.07, 6.45) is 0. The van der Waals surface area contributed by atoms with Crippen LogP contribution in [0.1, 0.15) is 19.4 Å². The van der Waals surface area contributed by atoms with Crippen molar-refractivity contribution in [2.75, 3.05) is 4.72 Å². The number of benzene rings is 1. The van der Waals surface area contributed by atoms with Crippen molar-refractivity contribution in [2.45, 2.75) is 13.8 Å². The SMILES string of the molecule is CC(C)C1=NSNc2ccccc21. The van der Waals surface area contributed by atoms with Gasteiger partial charge < -0.3 is 4.72 Å². The molecule has 0 atom stereocenters. The lowest BCUT2D eigenvalue weighted by Gasteiger charge is -2.18. The molecule has 2 nitrogen and oxygen atoms in total. The van der Waals surface area contributed by atoms with E-state index in [1.165, 1.54) is 29.1 Å². The van der Waals surface area contributed by atoms with Crippen molar-refractivity contribution in [3.8, 4) is 0 Å². The van der Waals surface area contributed by atoms with Crippen molar-refractivity contribution in [3.05, 3.63) is 29.8 Å². The summed E-state index contributed by atoms with van der Waals surface area (Å²) in [5.41, 5.74) is 3.59. The smallest absolute Gasteiger partial charge is 0.0904 e. The Balaban J connectivity index is 2.47. The maximum Gasteiger partial charge on any atom is 0.0904 e. The summed E-state index contributed by atoms with van der Waals surface area (Å²) in [5, 5.41) is 0. The Morgan fingerprint density at radius 3 is 2.85 bits per heavy atom. The molecule has 1 aliphatic rings. The molecule has 68 valence electrons. The summed E-state index contributed by atoms with van der Waals surface area (Å²) < 4.78 is 7.57. The van der Waals surface area contributed by atoms with Gasteiger partial charge >= 0.3 is 0 Å². The molecule has 0 aliphatic carbocycles. The molecular formula is C10H12N2S. The lowest BCUT2D eigenvalue weighted by Crippen LogP contribution is -2.14. The second-order valence-electron chi connectivity index (χ2n) is 3.37. The monoisotopic (exact) mass is 192 g/mol. The third-order valence-corrected chi connectivity index (χ3v) is 2.65. The fourth-order valence-electron chi connectivity index (χ4n) is 1.38. The van der Waals surface area contributed by atoms with E-state index in [4.69, 9.17) is 0 Å². The van der Waals surface area contributed by atoms with Crippen LogP contribution in [0.25, 0.3) is 0 Å². The van der Waals surface area contributed by atoms with E-state index in [0.29, 0.717) is 5.92 Å². The topological polar surface area (TPSA) is 24.4 Å². The summed E-state index contributed by atoms with van der Waals surface area (Å²) in [4.78, 5) is 0. The zero-order valence-electron chi connectivity index (χ0n) is 7.74. The first-order valence-electron chi connectivity index (χ1n) is 4.38. The summed E-state index contributed by atoms with van der Waals surface area (Å²) in [5.74, 6) is 0.482. The van der Waals surface area contributed by atoms with E-state index in [9.17, 15) is 0 Å². The fraction of sp³-hybridized carbons (Fsp3) is 0.300. The van der Waals surface area contributed by atoms with Gasteiger partial charge in [0.25, 0.3) is 0 Å². The Hall–Kier alpha value is -0.960.